The summed E-state index contributed by atoms with van der Waals surface area (Å²) in [6.07, 6.45) is 8.52. The van der Waals surface area contributed by atoms with Crippen molar-refractivity contribution in [2.75, 3.05) is 39.3 Å². The molecule has 3 rings (SSSR count). The van der Waals surface area contributed by atoms with Crippen molar-refractivity contribution in [3.8, 4) is 0 Å². The molecule has 0 radical (unpaired) electrons. The molecule has 132 valence electrons. The lowest BCUT2D eigenvalue weighted by Crippen LogP contribution is -2.42. The zero-order valence-electron chi connectivity index (χ0n) is 14.6. The van der Waals surface area contributed by atoms with Gasteiger partial charge >= 0.3 is 0 Å². The van der Waals surface area contributed by atoms with Crippen LogP contribution in [0.5, 0.6) is 0 Å². The van der Waals surface area contributed by atoms with E-state index in [1.54, 1.807) is 6.20 Å². The van der Waals surface area contributed by atoms with E-state index in [1.807, 2.05) is 4.90 Å². The van der Waals surface area contributed by atoms with Gasteiger partial charge in [0.25, 0.3) is 5.91 Å². The predicted molar refractivity (Wildman–Crippen MR) is 92.0 cm³/mol. The summed E-state index contributed by atoms with van der Waals surface area (Å²) in [5.74, 6) is 0.0518. The van der Waals surface area contributed by atoms with Gasteiger partial charge in [0, 0.05) is 32.4 Å². The average Bonchev–Trinajstić information content (AvgIpc) is 2.99. The fourth-order valence-electron chi connectivity index (χ4n) is 3.58. The van der Waals surface area contributed by atoms with Crippen molar-refractivity contribution in [2.45, 2.75) is 45.1 Å². The Morgan fingerprint density at radius 1 is 1.29 bits per heavy atom. The Labute approximate surface area is 144 Å². The van der Waals surface area contributed by atoms with Crippen LogP contribution >= 0.6 is 0 Å². The second-order valence-electron chi connectivity index (χ2n) is 6.74. The number of ether oxygens (including phenoxy) is 1. The third-order valence-corrected chi connectivity index (χ3v) is 4.81. The minimum Gasteiger partial charge on any atom is -0.375 e. The smallest absolute Gasteiger partial charge is 0.257 e. The van der Waals surface area contributed by atoms with E-state index in [1.165, 1.54) is 19.2 Å². The summed E-state index contributed by atoms with van der Waals surface area (Å²) in [4.78, 5) is 25.8. The van der Waals surface area contributed by atoms with Gasteiger partial charge in [-0.1, -0.05) is 13.3 Å². The lowest BCUT2D eigenvalue weighted by Gasteiger charge is -2.27. The van der Waals surface area contributed by atoms with Crippen molar-refractivity contribution in [2.24, 2.45) is 0 Å². The summed E-state index contributed by atoms with van der Waals surface area (Å²) in [6.45, 7) is 7.47. The van der Waals surface area contributed by atoms with Crippen LogP contribution in [-0.2, 0) is 11.2 Å². The van der Waals surface area contributed by atoms with Gasteiger partial charge in [-0.25, -0.2) is 9.97 Å². The highest BCUT2D eigenvalue weighted by molar-refractivity contribution is 5.95. The highest BCUT2D eigenvalue weighted by atomic mass is 16.5. The van der Waals surface area contributed by atoms with Crippen LogP contribution in [-0.4, -0.2) is 71.1 Å². The van der Waals surface area contributed by atoms with E-state index >= 15 is 0 Å². The molecule has 0 N–H and O–H groups in total. The first-order valence-electron chi connectivity index (χ1n) is 9.20. The molecular formula is C18H28N4O2. The van der Waals surface area contributed by atoms with E-state index in [9.17, 15) is 4.79 Å². The van der Waals surface area contributed by atoms with Crippen LogP contribution in [0.25, 0.3) is 0 Å². The number of carbonyl (C=O) groups excluding carboxylic acids is 1. The molecule has 0 spiro atoms. The monoisotopic (exact) mass is 332 g/mol. The lowest BCUT2D eigenvalue weighted by atomic mass is 10.1. The molecule has 2 aliphatic rings. The van der Waals surface area contributed by atoms with Gasteiger partial charge in [-0.3, -0.25) is 4.79 Å². The van der Waals surface area contributed by atoms with Gasteiger partial charge in [-0.2, -0.15) is 0 Å². The Hall–Kier alpha value is -1.53. The minimum absolute atomic E-state index is 0.0518. The molecule has 1 amide bonds. The number of rotatable bonds is 5. The highest BCUT2D eigenvalue weighted by Crippen LogP contribution is 2.16. The zero-order valence-corrected chi connectivity index (χ0v) is 14.6. The van der Waals surface area contributed by atoms with Gasteiger partial charge in [0.15, 0.2) is 0 Å². The number of aromatic nitrogens is 2. The lowest BCUT2D eigenvalue weighted by molar-refractivity contribution is 0.0297. The number of amides is 1. The number of nitrogens with zero attached hydrogens (tertiary/aromatic N) is 4. The van der Waals surface area contributed by atoms with Crippen molar-refractivity contribution in [1.82, 2.24) is 19.8 Å². The van der Waals surface area contributed by atoms with E-state index in [2.05, 4.69) is 21.8 Å². The van der Waals surface area contributed by atoms with E-state index in [4.69, 9.17) is 4.74 Å². The molecule has 6 heteroatoms. The first-order valence-corrected chi connectivity index (χ1v) is 9.20. The fourth-order valence-corrected chi connectivity index (χ4v) is 3.58. The topological polar surface area (TPSA) is 58.6 Å². The van der Waals surface area contributed by atoms with Gasteiger partial charge in [0.05, 0.1) is 17.4 Å². The first-order chi connectivity index (χ1) is 11.8. The standard InChI is InChI=1S/C18H28N4O2/c1-2-6-17-16(11-19-14-20-17)18(23)22-9-5-10-24-15(13-22)12-21-7-3-4-8-21/h11,14-15H,2-10,12-13H2,1H3/t15-/m1/s1. The SMILES string of the molecule is CCCc1ncncc1C(=O)N1CCCO[C@H](CN2CCCC2)C1. The van der Waals surface area contributed by atoms with Gasteiger partial charge < -0.3 is 14.5 Å². The molecule has 0 saturated carbocycles. The van der Waals surface area contributed by atoms with Gasteiger partial charge in [-0.15, -0.1) is 0 Å². The van der Waals surface area contributed by atoms with Crippen LogP contribution in [0.2, 0.25) is 0 Å². The van der Waals surface area contributed by atoms with Gasteiger partial charge in [0.2, 0.25) is 0 Å². The summed E-state index contributed by atoms with van der Waals surface area (Å²) in [5.41, 5.74) is 1.51. The number of likely N-dealkylation sites (tertiary alicyclic amines) is 1. The van der Waals surface area contributed by atoms with Crippen molar-refractivity contribution in [3.63, 3.8) is 0 Å². The zero-order chi connectivity index (χ0) is 16.8. The average molecular weight is 332 g/mol. The quantitative estimate of drug-likeness (QED) is 0.822. The third kappa shape index (κ3) is 4.30. The Morgan fingerprint density at radius 2 is 2.12 bits per heavy atom. The molecule has 1 aromatic heterocycles. The second-order valence-corrected chi connectivity index (χ2v) is 6.74. The molecule has 1 atom stereocenters. The van der Waals surface area contributed by atoms with E-state index < -0.39 is 0 Å². The largest absolute Gasteiger partial charge is 0.375 e. The molecule has 3 heterocycles. The molecule has 1 aromatic rings. The van der Waals surface area contributed by atoms with Crippen LogP contribution < -0.4 is 0 Å². The molecule has 2 saturated heterocycles. The Bertz CT molecular complexity index is 546. The van der Waals surface area contributed by atoms with Crippen LogP contribution in [0.1, 0.15) is 48.7 Å². The number of hydrogen-bond acceptors (Lipinski definition) is 5. The predicted octanol–water partition coefficient (Wildman–Crippen LogP) is 1.76. The number of carbonyl (C=O) groups is 1. The normalized spacial score (nSPS) is 22.5. The molecule has 0 aliphatic carbocycles. The molecule has 0 unspecified atom stereocenters. The summed E-state index contributed by atoms with van der Waals surface area (Å²) in [7, 11) is 0. The Balaban J connectivity index is 1.68. The molecule has 0 bridgehead atoms. The summed E-state index contributed by atoms with van der Waals surface area (Å²) >= 11 is 0. The molecule has 0 aromatic carbocycles. The molecule has 24 heavy (non-hydrogen) atoms. The van der Waals surface area contributed by atoms with Crippen molar-refractivity contribution < 1.29 is 9.53 Å². The summed E-state index contributed by atoms with van der Waals surface area (Å²) in [5, 5.41) is 0. The molecule has 6 nitrogen and oxygen atoms in total. The summed E-state index contributed by atoms with van der Waals surface area (Å²) in [6, 6.07) is 0. The molecule has 2 fully saturated rings. The maximum absolute atomic E-state index is 13.0. The van der Waals surface area contributed by atoms with Crippen LogP contribution in [0.15, 0.2) is 12.5 Å². The van der Waals surface area contributed by atoms with E-state index in [0.29, 0.717) is 12.1 Å². The highest BCUT2D eigenvalue weighted by Gasteiger charge is 2.27. The van der Waals surface area contributed by atoms with Crippen molar-refractivity contribution in [3.05, 3.63) is 23.8 Å². The van der Waals surface area contributed by atoms with Gasteiger partial charge in [0.1, 0.15) is 6.33 Å². The summed E-state index contributed by atoms with van der Waals surface area (Å²) < 4.78 is 5.99. The van der Waals surface area contributed by atoms with Crippen molar-refractivity contribution >= 4 is 5.91 Å². The maximum atomic E-state index is 13.0. The second kappa shape index (κ2) is 8.53. The van der Waals surface area contributed by atoms with Crippen LogP contribution in [0.3, 0.4) is 0 Å². The Kier molecular flexibility index (Phi) is 6.15. The molecule has 2 aliphatic heterocycles. The number of aryl methyl sites for hydroxylation is 1. The van der Waals surface area contributed by atoms with Gasteiger partial charge in [-0.05, 0) is 38.8 Å². The molecular weight excluding hydrogens is 304 g/mol. The minimum atomic E-state index is 0.0518. The van der Waals surface area contributed by atoms with E-state index in [0.717, 1.165) is 57.7 Å². The Morgan fingerprint density at radius 3 is 2.92 bits per heavy atom. The third-order valence-electron chi connectivity index (χ3n) is 4.81. The van der Waals surface area contributed by atoms with Crippen LogP contribution in [0.4, 0.5) is 0 Å². The van der Waals surface area contributed by atoms with Crippen LogP contribution in [0, 0.1) is 0 Å². The maximum Gasteiger partial charge on any atom is 0.257 e. The number of hydrogen-bond donors (Lipinski definition) is 0. The van der Waals surface area contributed by atoms with E-state index in [-0.39, 0.29) is 12.0 Å². The fraction of sp³-hybridized carbons (Fsp3) is 0.722. The first kappa shape index (κ1) is 17.3. The van der Waals surface area contributed by atoms with Crippen molar-refractivity contribution in [1.29, 1.82) is 0 Å².